The van der Waals surface area contributed by atoms with Crippen LogP contribution in [0.3, 0.4) is 0 Å². The van der Waals surface area contributed by atoms with Gasteiger partial charge in [0.15, 0.2) is 0 Å². The molecule has 0 bridgehead atoms. The van der Waals surface area contributed by atoms with Crippen molar-refractivity contribution in [1.29, 1.82) is 0 Å². The van der Waals surface area contributed by atoms with Crippen LogP contribution in [-0.2, 0) is 0 Å². The van der Waals surface area contributed by atoms with Gasteiger partial charge in [0.05, 0.1) is 0 Å². The van der Waals surface area contributed by atoms with Crippen molar-refractivity contribution in [2.24, 2.45) is 17.7 Å². The Bertz CT molecular complexity index is 210. The molecule has 0 aromatic rings. The molecule has 5 heteroatoms. The van der Waals surface area contributed by atoms with Crippen molar-refractivity contribution in [1.82, 2.24) is 5.43 Å². The largest absolute Gasteiger partial charge is 0.389 e. The first kappa shape index (κ1) is 14.8. The van der Waals surface area contributed by atoms with E-state index >= 15 is 0 Å². The minimum absolute atomic E-state index is 0.0987. The summed E-state index contributed by atoms with van der Waals surface area (Å²) >= 11 is 0. The topological polar surface area (TPSA) is 38.0 Å². The average molecular weight is 252 g/mol. The Hall–Kier alpha value is -0.290. The monoisotopic (exact) mass is 252 g/mol. The van der Waals surface area contributed by atoms with Crippen molar-refractivity contribution in [2.45, 2.75) is 64.1 Å². The van der Waals surface area contributed by atoms with Gasteiger partial charge < -0.3 is 0 Å². The molecule has 17 heavy (non-hydrogen) atoms. The molecule has 0 aliphatic heterocycles. The fourth-order valence-electron chi connectivity index (χ4n) is 2.77. The van der Waals surface area contributed by atoms with Crippen LogP contribution in [0.2, 0.25) is 0 Å². The molecular formula is C12H23F3N2. The highest BCUT2D eigenvalue weighted by molar-refractivity contribution is 4.81. The number of halogens is 3. The molecule has 1 fully saturated rings. The smallest absolute Gasteiger partial charge is 0.271 e. The van der Waals surface area contributed by atoms with Crippen molar-refractivity contribution < 1.29 is 13.2 Å². The van der Waals surface area contributed by atoms with E-state index in [1.165, 1.54) is 6.42 Å². The number of alkyl halides is 3. The molecule has 0 amide bonds. The number of hydrazine groups is 1. The number of nitrogens with one attached hydrogen (secondary N) is 1. The Labute approximate surface area is 101 Å². The van der Waals surface area contributed by atoms with Gasteiger partial charge in [0.1, 0.15) is 0 Å². The summed E-state index contributed by atoms with van der Waals surface area (Å²) in [7, 11) is 0. The molecule has 0 spiro atoms. The zero-order valence-corrected chi connectivity index (χ0v) is 10.4. The van der Waals surface area contributed by atoms with E-state index in [9.17, 15) is 13.2 Å². The van der Waals surface area contributed by atoms with Gasteiger partial charge in [-0.25, -0.2) is 0 Å². The summed E-state index contributed by atoms with van der Waals surface area (Å²) < 4.78 is 36.5. The van der Waals surface area contributed by atoms with Crippen molar-refractivity contribution in [3.8, 4) is 0 Å². The number of hydrogen-bond donors (Lipinski definition) is 2. The molecule has 1 atom stereocenters. The predicted molar refractivity (Wildman–Crippen MR) is 62.1 cm³/mol. The van der Waals surface area contributed by atoms with E-state index in [2.05, 4.69) is 12.3 Å². The Morgan fingerprint density at radius 1 is 1.24 bits per heavy atom. The van der Waals surface area contributed by atoms with Gasteiger partial charge in [-0.15, -0.1) is 0 Å². The second-order valence-electron chi connectivity index (χ2n) is 5.12. The molecular weight excluding hydrogens is 229 g/mol. The first-order valence-corrected chi connectivity index (χ1v) is 6.49. The van der Waals surface area contributed by atoms with E-state index < -0.39 is 12.6 Å². The van der Waals surface area contributed by atoms with Crippen molar-refractivity contribution >= 4 is 0 Å². The molecule has 3 N–H and O–H groups in total. The summed E-state index contributed by atoms with van der Waals surface area (Å²) in [6, 6.07) is -0.186. The molecule has 1 aliphatic rings. The predicted octanol–water partition coefficient (Wildman–Crippen LogP) is 3.38. The third kappa shape index (κ3) is 5.25. The first-order valence-electron chi connectivity index (χ1n) is 6.49. The summed E-state index contributed by atoms with van der Waals surface area (Å²) in [5, 5.41) is 0. The number of nitrogens with two attached hydrogens (primary N) is 1. The summed E-state index contributed by atoms with van der Waals surface area (Å²) in [6.45, 7) is 2.17. The fraction of sp³-hybridized carbons (Fsp3) is 1.00. The Kier molecular flexibility index (Phi) is 5.73. The van der Waals surface area contributed by atoms with Gasteiger partial charge in [0.25, 0.3) is 0 Å². The van der Waals surface area contributed by atoms with Crippen LogP contribution in [0.5, 0.6) is 0 Å². The minimum atomic E-state index is -4.07. The summed E-state index contributed by atoms with van der Waals surface area (Å²) in [6.07, 6.45) is 0.732. The third-order valence-electron chi connectivity index (χ3n) is 3.99. The molecule has 102 valence electrons. The van der Waals surface area contributed by atoms with Crippen LogP contribution in [0.15, 0.2) is 0 Å². The molecule has 2 nitrogen and oxygen atoms in total. The van der Waals surface area contributed by atoms with Gasteiger partial charge in [-0.3, -0.25) is 11.3 Å². The molecule has 0 heterocycles. The van der Waals surface area contributed by atoms with E-state index in [-0.39, 0.29) is 12.5 Å². The van der Waals surface area contributed by atoms with Crippen LogP contribution in [0.4, 0.5) is 13.2 Å². The molecule has 1 unspecified atom stereocenters. The van der Waals surface area contributed by atoms with Gasteiger partial charge in [-0.2, -0.15) is 13.2 Å². The Morgan fingerprint density at radius 2 is 1.82 bits per heavy atom. The SMILES string of the molecule is CCC1CCC(C(CCC(F)(F)F)NN)CC1. The fourth-order valence-corrected chi connectivity index (χ4v) is 2.77. The van der Waals surface area contributed by atoms with E-state index in [0.29, 0.717) is 5.92 Å². The quantitative estimate of drug-likeness (QED) is 0.581. The van der Waals surface area contributed by atoms with Gasteiger partial charge in [0, 0.05) is 12.5 Å². The lowest BCUT2D eigenvalue weighted by Gasteiger charge is -2.33. The van der Waals surface area contributed by atoms with Crippen LogP contribution in [0, 0.1) is 11.8 Å². The second-order valence-corrected chi connectivity index (χ2v) is 5.12. The maximum Gasteiger partial charge on any atom is 0.389 e. The second kappa shape index (κ2) is 6.59. The zero-order valence-electron chi connectivity index (χ0n) is 10.4. The zero-order chi connectivity index (χ0) is 12.9. The van der Waals surface area contributed by atoms with Crippen LogP contribution in [0.1, 0.15) is 51.9 Å². The summed E-state index contributed by atoms with van der Waals surface area (Å²) in [5.41, 5.74) is 2.58. The van der Waals surface area contributed by atoms with Gasteiger partial charge >= 0.3 is 6.18 Å². The molecule has 1 aliphatic carbocycles. The van der Waals surface area contributed by atoms with Crippen LogP contribution in [-0.4, -0.2) is 12.2 Å². The molecule has 0 saturated heterocycles. The Balaban J connectivity index is 2.35. The van der Waals surface area contributed by atoms with Gasteiger partial charge in [-0.05, 0) is 31.1 Å². The van der Waals surface area contributed by atoms with Crippen LogP contribution < -0.4 is 11.3 Å². The normalized spacial score (nSPS) is 28.1. The molecule has 1 saturated carbocycles. The van der Waals surface area contributed by atoms with E-state index in [0.717, 1.165) is 31.6 Å². The standard InChI is InChI=1S/C12H23F3N2/c1-2-9-3-5-10(6-4-9)11(17-16)7-8-12(13,14)15/h9-11,17H,2-8,16H2,1H3. The molecule has 1 rings (SSSR count). The minimum Gasteiger partial charge on any atom is -0.271 e. The van der Waals surface area contributed by atoms with Crippen LogP contribution in [0.25, 0.3) is 0 Å². The third-order valence-corrected chi connectivity index (χ3v) is 3.99. The maximum absolute atomic E-state index is 12.2. The lowest BCUT2D eigenvalue weighted by Crippen LogP contribution is -2.42. The maximum atomic E-state index is 12.2. The highest BCUT2D eigenvalue weighted by atomic mass is 19.4. The lowest BCUT2D eigenvalue weighted by atomic mass is 9.77. The van der Waals surface area contributed by atoms with Crippen LogP contribution >= 0.6 is 0 Å². The lowest BCUT2D eigenvalue weighted by molar-refractivity contribution is -0.137. The summed E-state index contributed by atoms with van der Waals surface area (Å²) in [4.78, 5) is 0. The van der Waals surface area contributed by atoms with E-state index in [1.54, 1.807) is 0 Å². The Morgan fingerprint density at radius 3 is 2.24 bits per heavy atom. The average Bonchev–Trinajstić information content (AvgIpc) is 2.29. The van der Waals surface area contributed by atoms with Crippen molar-refractivity contribution in [3.05, 3.63) is 0 Å². The van der Waals surface area contributed by atoms with Crippen molar-refractivity contribution in [3.63, 3.8) is 0 Å². The van der Waals surface area contributed by atoms with E-state index in [4.69, 9.17) is 5.84 Å². The van der Waals surface area contributed by atoms with E-state index in [1.807, 2.05) is 0 Å². The molecule has 0 radical (unpaired) electrons. The molecule has 0 aromatic heterocycles. The first-order chi connectivity index (χ1) is 7.96. The summed E-state index contributed by atoms with van der Waals surface area (Å²) in [5.74, 6) is 6.45. The number of hydrogen-bond acceptors (Lipinski definition) is 2. The molecule has 0 aromatic carbocycles. The highest BCUT2D eigenvalue weighted by Crippen LogP contribution is 2.34. The number of rotatable bonds is 5. The van der Waals surface area contributed by atoms with Gasteiger partial charge in [-0.1, -0.05) is 26.2 Å². The van der Waals surface area contributed by atoms with Crippen molar-refractivity contribution in [2.75, 3.05) is 0 Å². The highest BCUT2D eigenvalue weighted by Gasteiger charge is 2.32. The van der Waals surface area contributed by atoms with Gasteiger partial charge in [0.2, 0.25) is 0 Å².